The predicted octanol–water partition coefficient (Wildman–Crippen LogP) is 3.86. The number of hydrogen-bond donors (Lipinski definition) is 1. The first-order chi connectivity index (χ1) is 12.6. The third-order valence-corrected chi connectivity index (χ3v) is 3.77. The second-order valence-electron chi connectivity index (χ2n) is 5.46. The molecular formula is C19H23ClN2O4. The average Bonchev–Trinajstić information content (AvgIpc) is 2.65. The van der Waals surface area contributed by atoms with E-state index in [1.54, 1.807) is 24.4 Å². The summed E-state index contributed by atoms with van der Waals surface area (Å²) in [6.07, 6.45) is 2.49. The van der Waals surface area contributed by atoms with Crippen molar-refractivity contribution in [3.63, 3.8) is 0 Å². The summed E-state index contributed by atoms with van der Waals surface area (Å²) in [6.45, 7) is 5.29. The van der Waals surface area contributed by atoms with Gasteiger partial charge >= 0.3 is 0 Å². The summed E-state index contributed by atoms with van der Waals surface area (Å²) in [4.78, 5) is 16.6. The van der Waals surface area contributed by atoms with Crippen LogP contribution < -0.4 is 19.5 Å². The normalized spacial score (nSPS) is 10.3. The van der Waals surface area contributed by atoms with Gasteiger partial charge in [-0.1, -0.05) is 18.5 Å². The molecule has 1 N–H and O–H groups in total. The number of hydrogen-bond acceptors (Lipinski definition) is 5. The molecule has 26 heavy (non-hydrogen) atoms. The van der Waals surface area contributed by atoms with Gasteiger partial charge in [-0.3, -0.25) is 4.79 Å². The van der Waals surface area contributed by atoms with Crippen molar-refractivity contribution in [2.75, 3.05) is 20.3 Å². The van der Waals surface area contributed by atoms with Crippen LogP contribution >= 0.6 is 11.6 Å². The molecule has 0 aliphatic rings. The van der Waals surface area contributed by atoms with Crippen molar-refractivity contribution in [1.82, 2.24) is 10.3 Å². The van der Waals surface area contributed by atoms with E-state index in [4.69, 9.17) is 25.8 Å². The van der Waals surface area contributed by atoms with Crippen molar-refractivity contribution in [3.05, 3.63) is 46.6 Å². The molecule has 0 aliphatic carbocycles. The zero-order valence-electron chi connectivity index (χ0n) is 15.2. The van der Waals surface area contributed by atoms with E-state index in [-0.39, 0.29) is 5.91 Å². The molecule has 0 aliphatic heterocycles. The number of aromatic nitrogens is 1. The molecule has 2 rings (SSSR count). The number of halogens is 1. The molecule has 0 saturated heterocycles. The summed E-state index contributed by atoms with van der Waals surface area (Å²) < 4.78 is 16.3. The largest absolute Gasteiger partial charge is 0.493 e. The molecule has 1 aromatic carbocycles. The first kappa shape index (κ1) is 19.8. The van der Waals surface area contributed by atoms with Crippen molar-refractivity contribution < 1.29 is 19.0 Å². The van der Waals surface area contributed by atoms with Gasteiger partial charge in [0.2, 0.25) is 5.88 Å². The number of pyridine rings is 1. The Kier molecular flexibility index (Phi) is 7.53. The van der Waals surface area contributed by atoms with Gasteiger partial charge in [-0.15, -0.1) is 0 Å². The van der Waals surface area contributed by atoms with E-state index in [9.17, 15) is 4.79 Å². The van der Waals surface area contributed by atoms with E-state index in [0.29, 0.717) is 47.7 Å². The van der Waals surface area contributed by atoms with Gasteiger partial charge in [0.1, 0.15) is 0 Å². The van der Waals surface area contributed by atoms with E-state index in [1.165, 1.54) is 7.11 Å². The smallest absolute Gasteiger partial charge is 0.251 e. The van der Waals surface area contributed by atoms with Crippen molar-refractivity contribution in [3.8, 4) is 17.4 Å². The van der Waals surface area contributed by atoms with Crippen LogP contribution in [0, 0.1) is 0 Å². The first-order valence-corrected chi connectivity index (χ1v) is 8.83. The van der Waals surface area contributed by atoms with E-state index in [1.807, 2.05) is 19.9 Å². The van der Waals surface area contributed by atoms with Crippen LogP contribution in [0.15, 0.2) is 30.5 Å². The highest BCUT2D eigenvalue weighted by Crippen LogP contribution is 2.36. The Bertz CT molecular complexity index is 752. The molecule has 0 fully saturated rings. The molecule has 1 amide bonds. The van der Waals surface area contributed by atoms with Crippen LogP contribution in [-0.2, 0) is 6.54 Å². The number of carbonyl (C=O) groups excluding carboxylic acids is 1. The molecule has 6 nitrogen and oxygen atoms in total. The Labute approximate surface area is 158 Å². The van der Waals surface area contributed by atoms with Gasteiger partial charge in [0.15, 0.2) is 11.5 Å². The number of nitrogens with zero attached hydrogens (tertiary/aromatic N) is 1. The highest BCUT2D eigenvalue weighted by atomic mass is 35.5. The second kappa shape index (κ2) is 9.87. The number of nitrogens with one attached hydrogen (secondary N) is 1. The van der Waals surface area contributed by atoms with Gasteiger partial charge in [0.05, 0.1) is 25.3 Å². The molecule has 7 heteroatoms. The fraction of sp³-hybridized carbons (Fsp3) is 0.368. The van der Waals surface area contributed by atoms with E-state index in [0.717, 1.165) is 12.0 Å². The number of methoxy groups -OCH3 is 1. The number of rotatable bonds is 9. The molecule has 0 atom stereocenters. The SMILES string of the molecule is CCCOc1c(Cl)cc(C(=O)NCc2ccnc(OCC)c2)cc1OC. The predicted molar refractivity (Wildman–Crippen MR) is 100 cm³/mol. The highest BCUT2D eigenvalue weighted by molar-refractivity contribution is 6.32. The van der Waals surface area contributed by atoms with Crippen LogP contribution in [0.4, 0.5) is 0 Å². The maximum atomic E-state index is 12.5. The Morgan fingerprint density at radius 3 is 2.73 bits per heavy atom. The van der Waals surface area contributed by atoms with Crippen LogP contribution in [0.2, 0.25) is 5.02 Å². The number of benzene rings is 1. The van der Waals surface area contributed by atoms with Crippen LogP contribution in [0.3, 0.4) is 0 Å². The molecule has 140 valence electrons. The fourth-order valence-electron chi connectivity index (χ4n) is 2.27. The maximum Gasteiger partial charge on any atom is 0.251 e. The third kappa shape index (κ3) is 5.26. The number of ether oxygens (including phenoxy) is 3. The lowest BCUT2D eigenvalue weighted by molar-refractivity contribution is 0.0950. The summed E-state index contributed by atoms with van der Waals surface area (Å²) in [5.41, 5.74) is 1.28. The summed E-state index contributed by atoms with van der Waals surface area (Å²) in [6, 6.07) is 6.80. The standard InChI is InChI=1S/C19H23ClN2O4/c1-4-8-26-18-15(20)10-14(11-16(18)24-3)19(23)22-12-13-6-7-21-17(9-13)25-5-2/h6-7,9-11H,4-5,8,12H2,1-3H3,(H,22,23). The molecular weight excluding hydrogens is 356 g/mol. The zero-order chi connectivity index (χ0) is 18.9. The highest BCUT2D eigenvalue weighted by Gasteiger charge is 2.16. The van der Waals surface area contributed by atoms with E-state index < -0.39 is 0 Å². The monoisotopic (exact) mass is 378 g/mol. The van der Waals surface area contributed by atoms with Crippen molar-refractivity contribution in [2.24, 2.45) is 0 Å². The van der Waals surface area contributed by atoms with Gasteiger partial charge in [0, 0.05) is 24.4 Å². The van der Waals surface area contributed by atoms with Gasteiger partial charge in [-0.2, -0.15) is 0 Å². The fourth-order valence-corrected chi connectivity index (χ4v) is 2.53. The maximum absolute atomic E-state index is 12.5. The van der Waals surface area contributed by atoms with Gasteiger partial charge in [-0.05, 0) is 37.1 Å². The van der Waals surface area contributed by atoms with Crippen molar-refractivity contribution in [1.29, 1.82) is 0 Å². The Morgan fingerprint density at radius 2 is 2.04 bits per heavy atom. The van der Waals surface area contributed by atoms with Crippen molar-refractivity contribution in [2.45, 2.75) is 26.8 Å². The van der Waals surface area contributed by atoms with Crippen LogP contribution in [0.25, 0.3) is 0 Å². The lowest BCUT2D eigenvalue weighted by atomic mass is 10.1. The molecule has 0 radical (unpaired) electrons. The number of amides is 1. The topological polar surface area (TPSA) is 69.7 Å². The minimum absolute atomic E-state index is 0.262. The second-order valence-corrected chi connectivity index (χ2v) is 5.86. The number of carbonyl (C=O) groups is 1. The van der Waals surface area contributed by atoms with Gasteiger partial charge < -0.3 is 19.5 Å². The Morgan fingerprint density at radius 1 is 1.23 bits per heavy atom. The molecule has 0 unspecified atom stereocenters. The minimum atomic E-state index is -0.262. The van der Waals surface area contributed by atoms with Gasteiger partial charge in [-0.25, -0.2) is 4.98 Å². The molecule has 0 spiro atoms. The van der Waals surface area contributed by atoms with Gasteiger partial charge in [0.25, 0.3) is 5.91 Å². The lowest BCUT2D eigenvalue weighted by Gasteiger charge is -2.14. The molecule has 0 saturated carbocycles. The first-order valence-electron chi connectivity index (χ1n) is 8.45. The van der Waals surface area contributed by atoms with Crippen LogP contribution in [-0.4, -0.2) is 31.2 Å². The minimum Gasteiger partial charge on any atom is -0.493 e. The van der Waals surface area contributed by atoms with Crippen LogP contribution in [0.1, 0.15) is 36.2 Å². The lowest BCUT2D eigenvalue weighted by Crippen LogP contribution is -2.23. The molecule has 1 heterocycles. The van der Waals surface area contributed by atoms with E-state index in [2.05, 4.69) is 10.3 Å². The van der Waals surface area contributed by atoms with Crippen LogP contribution in [0.5, 0.6) is 17.4 Å². The summed E-state index contributed by atoms with van der Waals surface area (Å²) >= 11 is 6.26. The molecule has 2 aromatic rings. The summed E-state index contributed by atoms with van der Waals surface area (Å²) in [5, 5.41) is 3.19. The van der Waals surface area contributed by atoms with Crippen molar-refractivity contribution >= 4 is 17.5 Å². The Hall–Kier alpha value is -2.47. The average molecular weight is 379 g/mol. The van der Waals surface area contributed by atoms with E-state index >= 15 is 0 Å². The quantitative estimate of drug-likeness (QED) is 0.717. The summed E-state index contributed by atoms with van der Waals surface area (Å²) in [7, 11) is 1.51. The molecule has 1 aromatic heterocycles. The third-order valence-electron chi connectivity index (χ3n) is 3.49. The molecule has 0 bridgehead atoms. The summed E-state index contributed by atoms with van der Waals surface area (Å²) in [5.74, 6) is 1.14. The zero-order valence-corrected chi connectivity index (χ0v) is 15.9. The Balaban J connectivity index is 2.09.